The minimum absolute atomic E-state index is 0.0120. The number of carbonyl (C=O) groups is 1. The predicted octanol–water partition coefficient (Wildman–Crippen LogP) is 5.41. The highest BCUT2D eigenvalue weighted by Crippen LogP contribution is 2.25. The molecule has 0 radical (unpaired) electrons. The number of carboxylic acid groups (broad SMARTS) is 1. The van der Waals surface area contributed by atoms with Crippen molar-refractivity contribution in [2.75, 3.05) is 0 Å². The average molecular weight is 565 g/mol. The predicted molar refractivity (Wildman–Crippen MR) is 155 cm³/mol. The number of H-pyrrole nitrogens is 1. The Balaban J connectivity index is 1.34. The van der Waals surface area contributed by atoms with E-state index >= 15 is 0 Å². The Kier molecular flexibility index (Phi) is 7.18. The molecule has 0 unspecified atom stereocenters. The molecule has 0 fully saturated rings. The molecular formula is C32H25FN4O5. The van der Waals surface area contributed by atoms with Crippen LogP contribution in [0, 0.1) is 5.82 Å². The molecule has 0 amide bonds. The van der Waals surface area contributed by atoms with Crippen molar-refractivity contribution in [3.8, 4) is 16.9 Å². The van der Waals surface area contributed by atoms with Gasteiger partial charge in [-0.05, 0) is 66.8 Å². The van der Waals surface area contributed by atoms with Gasteiger partial charge in [-0.15, -0.1) is 0 Å². The number of pyridine rings is 1. The van der Waals surface area contributed by atoms with Gasteiger partial charge in [-0.25, -0.2) is 9.37 Å². The lowest BCUT2D eigenvalue weighted by Crippen LogP contribution is -2.24. The molecule has 0 aliphatic heterocycles. The number of nitrogens with one attached hydrogen (secondary N) is 1. The first-order valence-corrected chi connectivity index (χ1v) is 13.5. The van der Waals surface area contributed by atoms with Gasteiger partial charge in [-0.1, -0.05) is 29.4 Å². The molecule has 2 N–H and O–H groups in total. The fourth-order valence-electron chi connectivity index (χ4n) is 5.02. The number of hydrogen-bond donors (Lipinski definition) is 2. The zero-order valence-electron chi connectivity index (χ0n) is 22.3. The number of aromatic amines is 1. The molecule has 3 heterocycles. The largest absolute Gasteiger partial charge is 0.481 e. The average Bonchev–Trinajstić information content (AvgIpc) is 3.45. The molecule has 0 bridgehead atoms. The van der Waals surface area contributed by atoms with Crippen LogP contribution in [0.3, 0.4) is 0 Å². The lowest BCUT2D eigenvalue weighted by Gasteiger charge is -2.14. The zero-order valence-corrected chi connectivity index (χ0v) is 22.3. The smallest absolute Gasteiger partial charge is 0.303 e. The Bertz CT molecular complexity index is 2060. The second kappa shape index (κ2) is 11.2. The maximum atomic E-state index is 13.6. The summed E-state index contributed by atoms with van der Waals surface area (Å²) >= 11 is 0. The van der Waals surface area contributed by atoms with Crippen LogP contribution >= 0.6 is 0 Å². The van der Waals surface area contributed by atoms with Crippen LogP contribution < -0.4 is 11.1 Å². The molecule has 42 heavy (non-hydrogen) atoms. The Morgan fingerprint density at radius 3 is 2.60 bits per heavy atom. The van der Waals surface area contributed by atoms with Gasteiger partial charge in [0, 0.05) is 42.0 Å². The number of hydrogen-bond acceptors (Lipinski definition) is 6. The second-order valence-electron chi connectivity index (χ2n) is 10.0. The van der Waals surface area contributed by atoms with Gasteiger partial charge >= 0.3 is 5.97 Å². The molecule has 0 saturated heterocycles. The van der Waals surface area contributed by atoms with Crippen LogP contribution in [0.25, 0.3) is 38.8 Å². The summed E-state index contributed by atoms with van der Waals surface area (Å²) in [4.78, 5) is 44.8. The fraction of sp³-hybridized carbons (Fsp3) is 0.156. The van der Waals surface area contributed by atoms with E-state index in [9.17, 15) is 18.8 Å². The van der Waals surface area contributed by atoms with Crippen LogP contribution in [-0.4, -0.2) is 30.8 Å². The van der Waals surface area contributed by atoms with Crippen LogP contribution in [0.4, 0.5) is 4.39 Å². The number of unbranched alkanes of at least 4 members (excludes halogenated alkanes) is 1. The monoisotopic (exact) mass is 564 g/mol. The number of fused-ring (bicyclic) bond motifs is 2. The number of aliphatic carboxylic acids is 1. The summed E-state index contributed by atoms with van der Waals surface area (Å²) in [5, 5.41) is 14.5. The molecule has 0 aliphatic rings. The van der Waals surface area contributed by atoms with Gasteiger partial charge in [0.2, 0.25) is 0 Å². The third kappa shape index (κ3) is 5.46. The van der Waals surface area contributed by atoms with E-state index in [4.69, 9.17) is 14.6 Å². The van der Waals surface area contributed by atoms with Crippen molar-refractivity contribution in [3.63, 3.8) is 0 Å². The minimum atomic E-state index is -0.890. The molecule has 0 spiro atoms. The van der Waals surface area contributed by atoms with E-state index in [1.165, 1.54) is 28.8 Å². The molecule has 6 rings (SSSR count). The van der Waals surface area contributed by atoms with E-state index in [0.717, 1.165) is 10.9 Å². The number of aromatic nitrogens is 4. The maximum absolute atomic E-state index is 13.6. The van der Waals surface area contributed by atoms with Crippen molar-refractivity contribution in [1.82, 2.24) is 19.7 Å². The molecule has 3 aromatic carbocycles. The summed E-state index contributed by atoms with van der Waals surface area (Å²) < 4.78 is 20.6. The third-order valence-electron chi connectivity index (χ3n) is 7.11. The highest BCUT2D eigenvalue weighted by Gasteiger charge is 2.16. The summed E-state index contributed by atoms with van der Waals surface area (Å²) in [5.41, 5.74) is 2.90. The zero-order chi connectivity index (χ0) is 29.2. The first kappa shape index (κ1) is 26.8. The normalized spacial score (nSPS) is 11.4. The molecule has 6 aromatic rings. The number of benzene rings is 3. The topological polar surface area (TPSA) is 131 Å². The number of carboxylic acids is 1. The standard InChI is InChI=1S/C32H25FN4O5/c33-22-10-12-23(13-11-22)37-29(7-3-4-8-30(38)39)34-28-17-20(9-14-25(28)32(37)41)27-18-24(42-36-27)16-21-15-19-5-1-2-6-26(19)35-31(21)40/h1-2,5-6,9-15,17-18H,3-4,7-8,16H2,(H,35,40)(H,38,39). The summed E-state index contributed by atoms with van der Waals surface area (Å²) in [7, 11) is 0. The lowest BCUT2D eigenvalue weighted by molar-refractivity contribution is -0.137. The Morgan fingerprint density at radius 2 is 1.79 bits per heavy atom. The van der Waals surface area contributed by atoms with Crippen LogP contribution in [0.5, 0.6) is 0 Å². The molecule has 9 nitrogen and oxygen atoms in total. The highest BCUT2D eigenvalue weighted by atomic mass is 19.1. The molecular weight excluding hydrogens is 539 g/mol. The van der Waals surface area contributed by atoms with E-state index in [0.29, 0.717) is 64.3 Å². The molecule has 210 valence electrons. The Morgan fingerprint density at radius 1 is 0.976 bits per heavy atom. The fourth-order valence-corrected chi connectivity index (χ4v) is 5.02. The van der Waals surface area contributed by atoms with Crippen molar-refractivity contribution >= 4 is 27.8 Å². The molecule has 0 saturated carbocycles. The van der Waals surface area contributed by atoms with Gasteiger partial charge in [0.05, 0.1) is 16.6 Å². The van der Waals surface area contributed by atoms with Gasteiger partial charge in [0.1, 0.15) is 23.1 Å². The number of aryl methyl sites for hydroxylation is 1. The van der Waals surface area contributed by atoms with E-state index in [2.05, 4.69) is 10.1 Å². The van der Waals surface area contributed by atoms with Crippen molar-refractivity contribution in [3.05, 3.63) is 123 Å². The SMILES string of the molecule is O=C(O)CCCCc1nc2cc(-c3cc(Cc4cc5ccccc5[nH]c4=O)on3)ccc2c(=O)n1-c1ccc(F)cc1. The van der Waals surface area contributed by atoms with Crippen molar-refractivity contribution in [1.29, 1.82) is 0 Å². The van der Waals surface area contributed by atoms with E-state index in [1.54, 1.807) is 24.3 Å². The molecule has 10 heteroatoms. The lowest BCUT2D eigenvalue weighted by atomic mass is 10.1. The number of rotatable bonds is 9. The number of para-hydroxylation sites is 1. The van der Waals surface area contributed by atoms with Gasteiger partial charge in [0.15, 0.2) is 0 Å². The van der Waals surface area contributed by atoms with Gasteiger partial charge in [0.25, 0.3) is 11.1 Å². The number of nitrogens with zero attached hydrogens (tertiary/aromatic N) is 3. The summed E-state index contributed by atoms with van der Waals surface area (Å²) in [6.07, 6.45) is 1.55. The highest BCUT2D eigenvalue weighted by molar-refractivity contribution is 5.83. The van der Waals surface area contributed by atoms with E-state index < -0.39 is 11.8 Å². The number of halogens is 1. The van der Waals surface area contributed by atoms with E-state index in [1.807, 2.05) is 30.3 Å². The maximum Gasteiger partial charge on any atom is 0.303 e. The third-order valence-corrected chi connectivity index (χ3v) is 7.11. The minimum Gasteiger partial charge on any atom is -0.481 e. The van der Waals surface area contributed by atoms with Crippen molar-refractivity contribution in [2.24, 2.45) is 0 Å². The van der Waals surface area contributed by atoms with Crippen LogP contribution in [0.15, 0.2) is 93.0 Å². The first-order chi connectivity index (χ1) is 20.4. The summed E-state index contributed by atoms with van der Waals surface area (Å²) in [6, 6.07) is 21.8. The van der Waals surface area contributed by atoms with Gasteiger partial charge < -0.3 is 14.6 Å². The molecule has 0 aliphatic carbocycles. The van der Waals surface area contributed by atoms with Crippen molar-refractivity contribution in [2.45, 2.75) is 32.1 Å². The van der Waals surface area contributed by atoms with Gasteiger partial charge in [-0.3, -0.25) is 19.0 Å². The molecule has 3 aromatic heterocycles. The van der Waals surface area contributed by atoms with Gasteiger partial charge in [-0.2, -0.15) is 0 Å². The van der Waals surface area contributed by atoms with Crippen LogP contribution in [0.2, 0.25) is 0 Å². The Hall–Kier alpha value is -5.38. The van der Waals surface area contributed by atoms with Crippen LogP contribution in [0.1, 0.15) is 36.4 Å². The first-order valence-electron chi connectivity index (χ1n) is 13.5. The van der Waals surface area contributed by atoms with Crippen molar-refractivity contribution < 1.29 is 18.8 Å². The van der Waals surface area contributed by atoms with Crippen LogP contribution in [-0.2, 0) is 17.6 Å². The summed E-state index contributed by atoms with van der Waals surface area (Å²) in [6.45, 7) is 0. The summed E-state index contributed by atoms with van der Waals surface area (Å²) in [5.74, 6) is -0.368. The van der Waals surface area contributed by atoms with E-state index in [-0.39, 0.29) is 24.0 Å². The quantitative estimate of drug-likeness (QED) is 0.225. The second-order valence-corrected chi connectivity index (χ2v) is 10.0. The molecule has 0 atom stereocenters. The Labute approximate surface area is 237 Å².